The topological polar surface area (TPSA) is 111 Å². The molecule has 2 aromatic rings. The van der Waals surface area contributed by atoms with Crippen LogP contribution < -0.4 is 15.1 Å². The molecule has 38 heavy (non-hydrogen) atoms. The van der Waals surface area contributed by atoms with Gasteiger partial charge in [-0.2, -0.15) is 4.98 Å². The summed E-state index contributed by atoms with van der Waals surface area (Å²) in [7, 11) is -3.00. The van der Waals surface area contributed by atoms with Crippen molar-refractivity contribution in [2.75, 3.05) is 53.3 Å². The van der Waals surface area contributed by atoms with E-state index in [1.54, 1.807) is 17.2 Å². The highest BCUT2D eigenvalue weighted by molar-refractivity contribution is 7.90. The van der Waals surface area contributed by atoms with E-state index in [1.165, 1.54) is 6.26 Å². The summed E-state index contributed by atoms with van der Waals surface area (Å²) in [4.78, 5) is 17.0. The standard InChI is InChI=1S/C27H37FN6O3S/c1-17(2)20-6-7-23(34-13-19(14-34)16-38(5,36)37)18(3)21(20)12-26(29-4)31-25-8-10-30-27(32-25)33-11-9-22(28)24(35)15-33/h6-8,10,12,17,19,22,24,35H,4,9,11,13-16H2,1-3,5H3,(H,30,31,32)/b26-12+/t22-,24+/m1/s1. The highest BCUT2D eigenvalue weighted by atomic mass is 32.2. The number of rotatable bonds is 9. The number of benzene rings is 1. The zero-order valence-electron chi connectivity index (χ0n) is 22.4. The van der Waals surface area contributed by atoms with E-state index in [2.05, 4.69) is 64.8 Å². The predicted octanol–water partition coefficient (Wildman–Crippen LogP) is 3.41. The molecule has 0 aliphatic carbocycles. The van der Waals surface area contributed by atoms with Crippen molar-refractivity contribution in [3.05, 3.63) is 46.9 Å². The minimum Gasteiger partial charge on any atom is -0.388 e. The van der Waals surface area contributed by atoms with Crippen molar-refractivity contribution in [2.24, 2.45) is 10.9 Å². The summed E-state index contributed by atoms with van der Waals surface area (Å²) in [5, 5.41) is 13.1. The van der Waals surface area contributed by atoms with Crippen molar-refractivity contribution >= 4 is 40.1 Å². The lowest BCUT2D eigenvalue weighted by atomic mass is 9.90. The number of aliphatic hydroxyl groups excluding tert-OH is 1. The third-order valence-electron chi connectivity index (χ3n) is 7.11. The number of anilines is 3. The maximum Gasteiger partial charge on any atom is 0.227 e. The van der Waals surface area contributed by atoms with E-state index >= 15 is 0 Å². The Morgan fingerprint density at radius 3 is 2.66 bits per heavy atom. The van der Waals surface area contributed by atoms with E-state index in [0.717, 1.165) is 22.4 Å². The van der Waals surface area contributed by atoms with Gasteiger partial charge >= 0.3 is 0 Å². The summed E-state index contributed by atoms with van der Waals surface area (Å²) in [6, 6.07) is 5.94. The molecule has 3 heterocycles. The van der Waals surface area contributed by atoms with Gasteiger partial charge in [-0.15, -0.1) is 0 Å². The van der Waals surface area contributed by atoms with Crippen LogP contribution in [0.15, 0.2) is 35.2 Å². The van der Waals surface area contributed by atoms with Crippen LogP contribution in [0.3, 0.4) is 0 Å². The molecule has 2 saturated heterocycles. The fraction of sp³-hybridized carbons (Fsp3) is 0.519. The zero-order chi connectivity index (χ0) is 27.6. The number of nitrogens with zero attached hydrogens (tertiary/aromatic N) is 5. The maximum atomic E-state index is 13.7. The van der Waals surface area contributed by atoms with E-state index in [4.69, 9.17) is 0 Å². The van der Waals surface area contributed by atoms with E-state index in [1.807, 2.05) is 6.08 Å². The Labute approximate surface area is 224 Å². The van der Waals surface area contributed by atoms with Crippen molar-refractivity contribution in [1.29, 1.82) is 0 Å². The molecule has 2 atom stereocenters. The smallest absolute Gasteiger partial charge is 0.227 e. The molecule has 2 fully saturated rings. The third kappa shape index (κ3) is 6.50. The molecule has 2 aliphatic rings. The third-order valence-corrected chi connectivity index (χ3v) is 8.19. The largest absolute Gasteiger partial charge is 0.388 e. The molecule has 11 heteroatoms. The molecule has 1 aromatic heterocycles. The molecule has 0 unspecified atom stereocenters. The second-order valence-electron chi connectivity index (χ2n) is 10.6. The second kappa shape index (κ2) is 11.4. The predicted molar refractivity (Wildman–Crippen MR) is 152 cm³/mol. The lowest BCUT2D eigenvalue weighted by Crippen LogP contribution is -2.49. The maximum absolute atomic E-state index is 13.7. The molecule has 0 spiro atoms. The van der Waals surface area contributed by atoms with E-state index in [0.29, 0.717) is 37.2 Å². The van der Waals surface area contributed by atoms with Crippen molar-refractivity contribution < 1.29 is 17.9 Å². The van der Waals surface area contributed by atoms with Gasteiger partial charge in [0.05, 0.1) is 5.75 Å². The normalized spacial score (nSPS) is 21.0. The lowest BCUT2D eigenvalue weighted by Gasteiger charge is -2.42. The molecule has 2 aliphatic heterocycles. The number of hydrogen-bond acceptors (Lipinski definition) is 9. The highest BCUT2D eigenvalue weighted by Crippen LogP contribution is 2.35. The van der Waals surface area contributed by atoms with Crippen molar-refractivity contribution in [3.63, 3.8) is 0 Å². The van der Waals surface area contributed by atoms with Crippen LogP contribution in [0.2, 0.25) is 0 Å². The van der Waals surface area contributed by atoms with Crippen LogP contribution in [0, 0.1) is 12.8 Å². The van der Waals surface area contributed by atoms with Crippen molar-refractivity contribution in [3.8, 4) is 0 Å². The average Bonchev–Trinajstić information content (AvgIpc) is 2.83. The van der Waals surface area contributed by atoms with Gasteiger partial charge in [0, 0.05) is 50.2 Å². The van der Waals surface area contributed by atoms with Gasteiger partial charge in [0.2, 0.25) is 5.95 Å². The molecule has 206 valence electrons. The van der Waals surface area contributed by atoms with Gasteiger partial charge in [-0.3, -0.25) is 0 Å². The van der Waals surface area contributed by atoms with Crippen LogP contribution in [-0.2, 0) is 9.84 Å². The molecule has 2 N–H and O–H groups in total. The number of aromatic nitrogens is 2. The Balaban J connectivity index is 1.57. The Kier molecular flexibility index (Phi) is 8.37. The van der Waals surface area contributed by atoms with Crippen LogP contribution in [0.25, 0.3) is 6.08 Å². The van der Waals surface area contributed by atoms with Crippen LogP contribution in [0.4, 0.5) is 21.8 Å². The van der Waals surface area contributed by atoms with Gasteiger partial charge in [-0.25, -0.2) is 22.8 Å². The van der Waals surface area contributed by atoms with Crippen molar-refractivity contribution in [2.45, 2.75) is 45.4 Å². The quantitative estimate of drug-likeness (QED) is 0.462. The SMILES string of the molecule is C=N/C(=C\c1c(C(C)C)ccc(N2CC(CS(C)(=O)=O)C2)c1C)Nc1ccnc(N2CC[C@@H](F)[C@@H](O)C2)n1. The summed E-state index contributed by atoms with van der Waals surface area (Å²) in [5.74, 6) is 2.05. The van der Waals surface area contributed by atoms with Gasteiger partial charge in [0.15, 0.2) is 0 Å². The van der Waals surface area contributed by atoms with Gasteiger partial charge in [0.1, 0.15) is 33.8 Å². The van der Waals surface area contributed by atoms with Gasteiger partial charge in [-0.1, -0.05) is 19.9 Å². The van der Waals surface area contributed by atoms with Gasteiger partial charge in [0.25, 0.3) is 0 Å². The molecule has 0 saturated carbocycles. The van der Waals surface area contributed by atoms with E-state index < -0.39 is 22.1 Å². The number of sulfone groups is 1. The molecule has 0 bridgehead atoms. The van der Waals surface area contributed by atoms with Crippen molar-refractivity contribution in [1.82, 2.24) is 9.97 Å². The average molecular weight is 545 g/mol. The zero-order valence-corrected chi connectivity index (χ0v) is 23.2. The second-order valence-corrected chi connectivity index (χ2v) is 12.8. The number of hydrogen-bond donors (Lipinski definition) is 2. The summed E-state index contributed by atoms with van der Waals surface area (Å²) in [5.41, 5.74) is 4.35. The first kappa shape index (κ1) is 28.0. The lowest BCUT2D eigenvalue weighted by molar-refractivity contribution is 0.0640. The first-order chi connectivity index (χ1) is 17.9. The van der Waals surface area contributed by atoms with E-state index in [-0.39, 0.29) is 30.6 Å². The highest BCUT2D eigenvalue weighted by Gasteiger charge is 2.31. The van der Waals surface area contributed by atoms with Crippen LogP contribution in [0.1, 0.15) is 42.9 Å². The Bertz CT molecular complexity index is 1310. The molecule has 4 rings (SSSR count). The molecule has 9 nitrogen and oxygen atoms in total. The van der Waals surface area contributed by atoms with Crippen LogP contribution in [0.5, 0.6) is 0 Å². The number of aliphatic imine (C=N–C) groups is 1. The molecular formula is C27H37FN6O3S. The number of nitrogens with one attached hydrogen (secondary N) is 1. The Morgan fingerprint density at radius 2 is 2.03 bits per heavy atom. The number of β-amino-alcohol motifs (C(OH)–C–C–N with tert-alkyl or cyclic N) is 1. The summed E-state index contributed by atoms with van der Waals surface area (Å²) >= 11 is 0. The fourth-order valence-corrected chi connectivity index (χ4v) is 6.19. The van der Waals surface area contributed by atoms with Crippen LogP contribution in [-0.4, -0.2) is 80.7 Å². The molecule has 1 aromatic carbocycles. The van der Waals surface area contributed by atoms with Gasteiger partial charge in [-0.05, 0) is 60.9 Å². The minimum atomic E-state index is -3.00. The number of aliphatic hydroxyl groups is 1. The monoisotopic (exact) mass is 544 g/mol. The minimum absolute atomic E-state index is 0.137. The summed E-state index contributed by atoms with van der Waals surface area (Å²) in [6.07, 6.45) is 2.78. The summed E-state index contributed by atoms with van der Waals surface area (Å²) in [6.45, 7) is 12.1. The Hall–Kier alpha value is -3.05. The number of piperidine rings is 1. The van der Waals surface area contributed by atoms with E-state index in [9.17, 15) is 17.9 Å². The molecule has 0 radical (unpaired) electrons. The first-order valence-electron chi connectivity index (χ1n) is 12.9. The Morgan fingerprint density at radius 1 is 1.29 bits per heavy atom. The fourth-order valence-electron chi connectivity index (χ4n) is 5.12. The van der Waals surface area contributed by atoms with Crippen LogP contribution >= 0.6 is 0 Å². The summed E-state index contributed by atoms with van der Waals surface area (Å²) < 4.78 is 37.0. The first-order valence-corrected chi connectivity index (χ1v) is 14.9. The molecule has 0 amide bonds. The van der Waals surface area contributed by atoms with Gasteiger partial charge < -0.3 is 20.2 Å². The number of halogens is 1. The molecular weight excluding hydrogens is 507 g/mol. The number of alkyl halides is 1.